The molecule has 0 saturated carbocycles. The molecular weight excluding hydrogens is 224 g/mol. The van der Waals surface area contributed by atoms with Gasteiger partial charge in [-0.3, -0.25) is 0 Å². The third-order valence-corrected chi connectivity index (χ3v) is 2.97. The quantitative estimate of drug-likeness (QED) is 0.613. The van der Waals surface area contributed by atoms with Crippen LogP contribution in [0.4, 0.5) is 11.6 Å². The summed E-state index contributed by atoms with van der Waals surface area (Å²) in [5.74, 6) is 1.69. The van der Waals surface area contributed by atoms with Gasteiger partial charge in [-0.1, -0.05) is 11.8 Å². The smallest absolute Gasteiger partial charge is 0.191 e. The Bertz CT molecular complexity index is 332. The molecule has 1 saturated heterocycles. The van der Waals surface area contributed by atoms with Gasteiger partial charge in [0.15, 0.2) is 5.16 Å². The van der Waals surface area contributed by atoms with Gasteiger partial charge in [-0.25, -0.2) is 9.97 Å². The molecule has 0 bridgehead atoms. The molecule has 0 amide bonds. The fourth-order valence-corrected chi connectivity index (χ4v) is 1.96. The second kappa shape index (κ2) is 5.36. The van der Waals surface area contributed by atoms with Crippen molar-refractivity contribution in [2.24, 2.45) is 0 Å². The number of aromatic nitrogens is 2. The van der Waals surface area contributed by atoms with Crippen LogP contribution in [-0.4, -0.2) is 42.5 Å². The lowest BCUT2D eigenvalue weighted by molar-refractivity contribution is 0.195. The van der Waals surface area contributed by atoms with Crippen LogP contribution in [0.5, 0.6) is 0 Å². The normalized spacial score (nSPS) is 19.8. The van der Waals surface area contributed by atoms with Crippen LogP contribution in [0, 0.1) is 0 Å². The highest BCUT2D eigenvalue weighted by atomic mass is 32.2. The number of thioether (sulfide) groups is 1. The van der Waals surface area contributed by atoms with E-state index in [-0.39, 0.29) is 0 Å². The summed E-state index contributed by atoms with van der Waals surface area (Å²) in [7, 11) is 1.86. The van der Waals surface area contributed by atoms with Gasteiger partial charge in [0.1, 0.15) is 11.6 Å². The first-order chi connectivity index (χ1) is 7.81. The van der Waals surface area contributed by atoms with Crippen LogP contribution in [0.25, 0.3) is 0 Å². The molecule has 1 aromatic rings. The molecule has 0 radical (unpaired) electrons. The van der Waals surface area contributed by atoms with Crippen LogP contribution < -0.4 is 10.6 Å². The van der Waals surface area contributed by atoms with Crippen molar-refractivity contribution in [1.29, 1.82) is 0 Å². The summed E-state index contributed by atoms with van der Waals surface area (Å²) in [4.78, 5) is 8.72. The van der Waals surface area contributed by atoms with Crippen molar-refractivity contribution in [2.75, 3.05) is 37.2 Å². The van der Waals surface area contributed by atoms with E-state index >= 15 is 0 Å². The summed E-state index contributed by atoms with van der Waals surface area (Å²) in [5.41, 5.74) is 0. The molecule has 88 valence electrons. The third-order valence-electron chi connectivity index (χ3n) is 2.43. The lowest BCUT2D eigenvalue weighted by atomic mass is 10.2. The lowest BCUT2D eigenvalue weighted by Gasteiger charge is -2.12. The average molecular weight is 240 g/mol. The zero-order valence-electron chi connectivity index (χ0n) is 9.49. The van der Waals surface area contributed by atoms with Crippen molar-refractivity contribution in [3.8, 4) is 0 Å². The summed E-state index contributed by atoms with van der Waals surface area (Å²) in [5, 5.41) is 7.16. The minimum Gasteiger partial charge on any atom is -0.379 e. The Kier molecular flexibility index (Phi) is 3.84. The van der Waals surface area contributed by atoms with E-state index in [4.69, 9.17) is 4.74 Å². The number of ether oxygens (including phenoxy) is 1. The molecule has 1 fully saturated rings. The molecular formula is C10H16N4OS. The highest BCUT2D eigenvalue weighted by molar-refractivity contribution is 7.98. The van der Waals surface area contributed by atoms with Crippen molar-refractivity contribution in [3.63, 3.8) is 0 Å². The maximum absolute atomic E-state index is 5.32. The van der Waals surface area contributed by atoms with E-state index < -0.39 is 0 Å². The summed E-state index contributed by atoms with van der Waals surface area (Å²) in [6.45, 7) is 1.59. The number of nitrogens with zero attached hydrogens (tertiary/aromatic N) is 2. The van der Waals surface area contributed by atoms with Crippen LogP contribution in [0.3, 0.4) is 0 Å². The average Bonchev–Trinajstić information content (AvgIpc) is 2.81. The van der Waals surface area contributed by atoms with Gasteiger partial charge < -0.3 is 15.4 Å². The van der Waals surface area contributed by atoms with Gasteiger partial charge in [-0.05, 0) is 12.7 Å². The van der Waals surface area contributed by atoms with Crippen molar-refractivity contribution in [2.45, 2.75) is 17.6 Å². The molecule has 2 heterocycles. The molecule has 1 aromatic heterocycles. The zero-order chi connectivity index (χ0) is 11.4. The van der Waals surface area contributed by atoms with Crippen LogP contribution in [0.1, 0.15) is 6.42 Å². The van der Waals surface area contributed by atoms with Crippen molar-refractivity contribution in [1.82, 2.24) is 9.97 Å². The summed E-state index contributed by atoms with van der Waals surface area (Å²) in [6, 6.07) is 2.28. The maximum Gasteiger partial charge on any atom is 0.191 e. The Morgan fingerprint density at radius 3 is 2.88 bits per heavy atom. The molecule has 16 heavy (non-hydrogen) atoms. The monoisotopic (exact) mass is 240 g/mol. The van der Waals surface area contributed by atoms with Gasteiger partial charge in [0.2, 0.25) is 0 Å². The van der Waals surface area contributed by atoms with Crippen LogP contribution in [0.2, 0.25) is 0 Å². The minimum atomic E-state index is 0.370. The number of rotatable bonds is 4. The summed E-state index contributed by atoms with van der Waals surface area (Å²) >= 11 is 1.54. The zero-order valence-corrected chi connectivity index (χ0v) is 10.3. The number of nitrogens with one attached hydrogen (secondary N) is 2. The van der Waals surface area contributed by atoms with E-state index in [1.165, 1.54) is 11.8 Å². The van der Waals surface area contributed by atoms with E-state index in [1.54, 1.807) is 0 Å². The van der Waals surface area contributed by atoms with Gasteiger partial charge in [0, 0.05) is 19.7 Å². The maximum atomic E-state index is 5.32. The Balaban J connectivity index is 2.12. The standard InChI is InChI=1S/C10H16N4OS/c1-11-8-5-9(14-10(13-8)16-2)12-7-3-4-15-6-7/h5,7H,3-4,6H2,1-2H3,(H2,11,12,13,14). The van der Waals surface area contributed by atoms with Gasteiger partial charge >= 0.3 is 0 Å². The predicted octanol–water partition coefficient (Wildman–Crippen LogP) is 1.44. The first-order valence-electron chi connectivity index (χ1n) is 5.27. The van der Waals surface area contributed by atoms with Gasteiger partial charge in [-0.15, -0.1) is 0 Å². The lowest BCUT2D eigenvalue weighted by Crippen LogP contribution is -2.20. The topological polar surface area (TPSA) is 59.1 Å². The van der Waals surface area contributed by atoms with Crippen LogP contribution >= 0.6 is 11.8 Å². The molecule has 1 aliphatic heterocycles. The van der Waals surface area contributed by atoms with E-state index in [0.29, 0.717) is 6.04 Å². The van der Waals surface area contributed by atoms with E-state index in [9.17, 15) is 0 Å². The Labute approximate surface area is 99.4 Å². The second-order valence-electron chi connectivity index (χ2n) is 3.58. The van der Waals surface area contributed by atoms with Crippen LogP contribution in [0.15, 0.2) is 11.2 Å². The van der Waals surface area contributed by atoms with Crippen molar-refractivity contribution >= 4 is 23.4 Å². The Morgan fingerprint density at radius 2 is 2.25 bits per heavy atom. The van der Waals surface area contributed by atoms with E-state index in [2.05, 4.69) is 20.6 Å². The van der Waals surface area contributed by atoms with Gasteiger partial charge in [0.05, 0.1) is 12.6 Å². The summed E-state index contributed by atoms with van der Waals surface area (Å²) in [6.07, 6.45) is 3.00. The molecule has 0 aliphatic carbocycles. The molecule has 1 aliphatic rings. The Hall–Kier alpha value is -1.01. The predicted molar refractivity (Wildman–Crippen MR) is 66.2 cm³/mol. The number of anilines is 2. The minimum absolute atomic E-state index is 0.370. The third kappa shape index (κ3) is 2.76. The largest absolute Gasteiger partial charge is 0.379 e. The molecule has 0 spiro atoms. The molecule has 0 aromatic carbocycles. The number of hydrogen-bond acceptors (Lipinski definition) is 6. The molecule has 2 N–H and O–H groups in total. The first kappa shape index (κ1) is 11.5. The van der Waals surface area contributed by atoms with Gasteiger partial charge in [0.25, 0.3) is 0 Å². The van der Waals surface area contributed by atoms with E-state index in [1.807, 2.05) is 19.4 Å². The SMILES string of the molecule is CNc1cc(NC2CCOC2)nc(SC)n1. The van der Waals surface area contributed by atoms with Gasteiger partial charge in [-0.2, -0.15) is 0 Å². The first-order valence-corrected chi connectivity index (χ1v) is 6.49. The molecule has 6 heteroatoms. The Morgan fingerprint density at radius 1 is 1.44 bits per heavy atom. The van der Waals surface area contributed by atoms with E-state index in [0.717, 1.165) is 36.4 Å². The molecule has 1 atom stereocenters. The molecule has 5 nitrogen and oxygen atoms in total. The summed E-state index contributed by atoms with van der Waals surface area (Å²) < 4.78 is 5.32. The highest BCUT2D eigenvalue weighted by Crippen LogP contribution is 2.19. The van der Waals surface area contributed by atoms with Crippen molar-refractivity contribution in [3.05, 3.63) is 6.07 Å². The molecule has 2 rings (SSSR count). The number of hydrogen-bond donors (Lipinski definition) is 2. The second-order valence-corrected chi connectivity index (χ2v) is 4.35. The fraction of sp³-hybridized carbons (Fsp3) is 0.600. The fourth-order valence-electron chi connectivity index (χ4n) is 1.58. The van der Waals surface area contributed by atoms with Crippen molar-refractivity contribution < 1.29 is 4.74 Å². The van der Waals surface area contributed by atoms with Crippen LogP contribution in [-0.2, 0) is 4.74 Å². The highest BCUT2D eigenvalue weighted by Gasteiger charge is 2.16. The molecule has 1 unspecified atom stereocenters.